The molecule has 0 amide bonds. The fourth-order valence-electron chi connectivity index (χ4n) is 2.77. The van der Waals surface area contributed by atoms with Gasteiger partial charge in [0.2, 0.25) is 0 Å². The topological polar surface area (TPSA) is 80.9 Å². The van der Waals surface area contributed by atoms with E-state index in [0.29, 0.717) is 0 Å². The van der Waals surface area contributed by atoms with Crippen LogP contribution in [0.25, 0.3) is 0 Å². The first kappa shape index (κ1) is 16.1. The van der Waals surface area contributed by atoms with Crippen LogP contribution >= 0.6 is 0 Å². The normalized spacial score (nSPS) is 37.5. The van der Waals surface area contributed by atoms with Crippen molar-refractivity contribution in [3.63, 3.8) is 0 Å². The molecule has 1 saturated carbocycles. The molecule has 0 aromatic rings. The highest BCUT2D eigenvalue weighted by Gasteiger charge is 2.86. The molecule has 0 aromatic heterocycles. The van der Waals surface area contributed by atoms with Gasteiger partial charge in [0.15, 0.2) is 0 Å². The summed E-state index contributed by atoms with van der Waals surface area (Å²) >= 11 is 0. The van der Waals surface area contributed by atoms with Crippen LogP contribution in [0.5, 0.6) is 0 Å². The maximum Gasteiger partial charge on any atom is 0.127 e. The van der Waals surface area contributed by atoms with Crippen molar-refractivity contribution < 1.29 is 20.4 Å². The molecule has 0 heterocycles. The highest BCUT2D eigenvalue weighted by Crippen LogP contribution is 2.68. The molecular weight excluding hydrogens is 248 g/mol. The summed E-state index contributed by atoms with van der Waals surface area (Å²) in [6.45, 7) is 12.9. The largest absolute Gasteiger partial charge is 0.393 e. The summed E-state index contributed by atoms with van der Waals surface area (Å²) in [5.41, 5.74) is -5.13. The van der Waals surface area contributed by atoms with E-state index in [-0.39, 0.29) is 5.04 Å². The Morgan fingerprint density at radius 1 is 1.11 bits per heavy atom. The van der Waals surface area contributed by atoms with Crippen LogP contribution in [0.2, 0.25) is 18.1 Å². The van der Waals surface area contributed by atoms with Crippen molar-refractivity contribution in [1.29, 1.82) is 0 Å². The molecule has 0 radical (unpaired) electrons. The first-order valence-electron chi connectivity index (χ1n) is 6.45. The third kappa shape index (κ3) is 1.51. The van der Waals surface area contributed by atoms with E-state index < -0.39 is 37.0 Å². The van der Waals surface area contributed by atoms with Gasteiger partial charge in [-0.05, 0) is 5.04 Å². The lowest BCUT2D eigenvalue weighted by Crippen LogP contribution is -2.59. The number of hydrogen-bond acceptors (Lipinski definition) is 4. The van der Waals surface area contributed by atoms with Crippen molar-refractivity contribution >= 4 is 8.07 Å². The predicted octanol–water partition coefficient (Wildman–Crippen LogP) is 0.889. The van der Waals surface area contributed by atoms with Gasteiger partial charge in [-0.15, -0.1) is 0 Å². The molecular formula is C13H28O4Si. The molecule has 4 N–H and O–H groups in total. The lowest BCUT2D eigenvalue weighted by atomic mass is 10.1. The Morgan fingerprint density at radius 3 is 1.72 bits per heavy atom. The number of rotatable bonds is 3. The highest BCUT2D eigenvalue weighted by atomic mass is 28.3. The van der Waals surface area contributed by atoms with Crippen LogP contribution in [-0.2, 0) is 0 Å². The van der Waals surface area contributed by atoms with Crippen molar-refractivity contribution in [2.45, 2.75) is 69.7 Å². The van der Waals surface area contributed by atoms with Crippen molar-refractivity contribution in [3.05, 3.63) is 0 Å². The van der Waals surface area contributed by atoms with Crippen molar-refractivity contribution in [2.24, 2.45) is 5.41 Å². The molecule has 0 aliphatic heterocycles. The molecule has 1 aliphatic carbocycles. The summed E-state index contributed by atoms with van der Waals surface area (Å²) in [4.78, 5) is 0. The molecule has 5 heteroatoms. The quantitative estimate of drug-likeness (QED) is 0.577. The summed E-state index contributed by atoms with van der Waals surface area (Å²) in [6.07, 6.45) is 0. The van der Waals surface area contributed by atoms with Gasteiger partial charge >= 0.3 is 0 Å². The fourth-order valence-corrected chi connectivity index (χ4v) is 5.24. The van der Waals surface area contributed by atoms with Gasteiger partial charge in [0, 0.05) is 5.41 Å². The van der Waals surface area contributed by atoms with Crippen molar-refractivity contribution in [3.8, 4) is 0 Å². The van der Waals surface area contributed by atoms with Crippen molar-refractivity contribution in [2.75, 3.05) is 6.61 Å². The van der Waals surface area contributed by atoms with E-state index in [2.05, 4.69) is 0 Å². The van der Waals surface area contributed by atoms with Crippen LogP contribution in [0.4, 0.5) is 0 Å². The number of aliphatic hydroxyl groups is 4. The van der Waals surface area contributed by atoms with E-state index in [9.17, 15) is 20.4 Å². The number of aliphatic hydroxyl groups excluding tert-OH is 2. The van der Waals surface area contributed by atoms with Gasteiger partial charge in [-0.25, -0.2) is 0 Å². The molecule has 18 heavy (non-hydrogen) atoms. The van der Waals surface area contributed by atoms with Crippen LogP contribution < -0.4 is 0 Å². The Balaban J connectivity index is 3.19. The standard InChI is InChI=1S/C13H28O4Si/c1-10(2,3)18(6,7)9(15)13(17)11(4,5)12(13,16)8-14/h9,14-17H,8H2,1-7H3/t9?,12-,13-/m1/s1. The van der Waals surface area contributed by atoms with Gasteiger partial charge in [-0.2, -0.15) is 0 Å². The third-order valence-corrected chi connectivity index (χ3v) is 11.4. The molecule has 0 spiro atoms. The molecule has 4 nitrogen and oxygen atoms in total. The molecule has 1 aliphatic rings. The minimum atomic E-state index is -2.24. The summed E-state index contributed by atoms with van der Waals surface area (Å²) < 4.78 is 0. The zero-order valence-electron chi connectivity index (χ0n) is 12.6. The molecule has 1 rings (SSSR count). The van der Waals surface area contributed by atoms with Crippen molar-refractivity contribution in [1.82, 2.24) is 0 Å². The Hall–Kier alpha value is 0.0569. The van der Waals surface area contributed by atoms with Gasteiger partial charge in [-0.3, -0.25) is 0 Å². The molecule has 3 atom stereocenters. The van der Waals surface area contributed by atoms with Gasteiger partial charge in [0.05, 0.1) is 20.4 Å². The van der Waals surface area contributed by atoms with Crippen LogP contribution in [0, 0.1) is 5.41 Å². The van der Waals surface area contributed by atoms with Crippen LogP contribution in [0.1, 0.15) is 34.6 Å². The first-order valence-corrected chi connectivity index (χ1v) is 9.53. The minimum Gasteiger partial charge on any atom is -0.393 e. The molecule has 1 unspecified atom stereocenters. The zero-order valence-corrected chi connectivity index (χ0v) is 13.6. The van der Waals surface area contributed by atoms with Gasteiger partial charge in [-0.1, -0.05) is 47.7 Å². The SMILES string of the molecule is CC1(C)[C@](O)(CO)[C@@]1(O)C(O)[Si](C)(C)C(C)(C)C. The Morgan fingerprint density at radius 2 is 1.50 bits per heavy atom. The summed E-state index contributed by atoms with van der Waals surface area (Å²) in [6, 6.07) is 0. The second kappa shape index (κ2) is 3.79. The first-order chi connectivity index (χ1) is 7.72. The fraction of sp³-hybridized carbons (Fsp3) is 1.00. The van der Waals surface area contributed by atoms with E-state index in [0.717, 1.165) is 0 Å². The number of hydrogen-bond donors (Lipinski definition) is 4. The van der Waals surface area contributed by atoms with Crippen LogP contribution in [-0.4, -0.2) is 52.0 Å². The molecule has 1 fully saturated rings. The van der Waals surface area contributed by atoms with Gasteiger partial charge < -0.3 is 20.4 Å². The van der Waals surface area contributed by atoms with Gasteiger partial charge in [0.1, 0.15) is 11.2 Å². The monoisotopic (exact) mass is 276 g/mol. The lowest BCUT2D eigenvalue weighted by molar-refractivity contribution is -0.0560. The smallest absolute Gasteiger partial charge is 0.127 e. The summed E-state index contributed by atoms with van der Waals surface area (Å²) in [5, 5.41) is 41.0. The van der Waals surface area contributed by atoms with Crippen LogP contribution in [0.3, 0.4) is 0 Å². The molecule has 108 valence electrons. The summed E-state index contributed by atoms with van der Waals surface area (Å²) in [5.74, 6) is 0. The maximum absolute atomic E-state index is 10.7. The predicted molar refractivity (Wildman–Crippen MR) is 74.0 cm³/mol. The maximum atomic E-state index is 10.7. The zero-order chi connectivity index (χ0) is 14.8. The van der Waals surface area contributed by atoms with E-state index >= 15 is 0 Å². The average molecular weight is 276 g/mol. The second-order valence-electron chi connectivity index (χ2n) is 7.78. The Labute approximate surface area is 111 Å². The second-order valence-corrected chi connectivity index (χ2v) is 13.3. The van der Waals surface area contributed by atoms with E-state index in [1.807, 2.05) is 33.9 Å². The Kier molecular flexibility index (Phi) is 3.39. The van der Waals surface area contributed by atoms with E-state index in [4.69, 9.17) is 0 Å². The van der Waals surface area contributed by atoms with E-state index in [1.165, 1.54) is 0 Å². The third-order valence-electron chi connectivity index (χ3n) is 5.80. The molecule has 0 aromatic carbocycles. The molecule has 0 saturated heterocycles. The van der Waals surface area contributed by atoms with Crippen LogP contribution in [0.15, 0.2) is 0 Å². The minimum absolute atomic E-state index is 0.114. The molecule has 0 bridgehead atoms. The lowest BCUT2D eigenvalue weighted by Gasteiger charge is -2.43. The highest BCUT2D eigenvalue weighted by molar-refractivity contribution is 6.81. The van der Waals surface area contributed by atoms with Gasteiger partial charge in [0.25, 0.3) is 0 Å². The average Bonchev–Trinajstić information content (AvgIpc) is 2.56. The Bertz CT molecular complexity index is 347. The summed E-state index contributed by atoms with van der Waals surface area (Å²) in [7, 11) is -2.24. The van der Waals surface area contributed by atoms with E-state index in [1.54, 1.807) is 13.8 Å².